The van der Waals surface area contributed by atoms with Crippen molar-refractivity contribution in [2.45, 2.75) is 57.5 Å². The first-order valence-corrected chi connectivity index (χ1v) is 7.39. The molecule has 0 aromatic rings. The zero-order valence-corrected chi connectivity index (χ0v) is 11.7. The predicted octanol–water partition coefficient (Wildman–Crippen LogP) is 0.631. The lowest BCUT2D eigenvalue weighted by Gasteiger charge is -2.34. The molecule has 1 saturated heterocycles. The molecule has 2 unspecified atom stereocenters. The highest BCUT2D eigenvalue weighted by atomic mass is 16.2. The minimum absolute atomic E-state index is 0.0137. The van der Waals surface area contributed by atoms with Crippen molar-refractivity contribution in [1.29, 1.82) is 0 Å². The smallest absolute Gasteiger partial charge is 0.239 e. The van der Waals surface area contributed by atoms with Crippen molar-refractivity contribution in [2.24, 2.45) is 11.7 Å². The predicted molar refractivity (Wildman–Crippen MR) is 73.4 cm³/mol. The second-order valence-electron chi connectivity index (χ2n) is 6.02. The molecule has 2 fully saturated rings. The van der Waals surface area contributed by atoms with Gasteiger partial charge >= 0.3 is 0 Å². The number of likely N-dealkylation sites (tertiary alicyclic amines) is 1. The maximum atomic E-state index is 12.0. The Morgan fingerprint density at radius 3 is 2.74 bits per heavy atom. The van der Waals surface area contributed by atoms with Crippen LogP contribution in [0.4, 0.5) is 0 Å². The summed E-state index contributed by atoms with van der Waals surface area (Å²) in [5, 5.41) is 3.04. The molecule has 0 radical (unpaired) electrons. The Balaban J connectivity index is 1.79. The summed E-state index contributed by atoms with van der Waals surface area (Å²) in [6, 6.07) is 0.286. The molecule has 1 heterocycles. The van der Waals surface area contributed by atoms with Crippen molar-refractivity contribution >= 4 is 11.8 Å². The van der Waals surface area contributed by atoms with Crippen molar-refractivity contribution in [1.82, 2.24) is 10.2 Å². The molecule has 0 aromatic heterocycles. The highest BCUT2D eigenvalue weighted by molar-refractivity contribution is 5.85. The molecular formula is C14H25N3O2. The summed E-state index contributed by atoms with van der Waals surface area (Å²) in [6.07, 6.45) is 6.24. The number of carbonyl (C=O) groups excluding carboxylic acids is 2. The first-order chi connectivity index (χ1) is 9.06. The van der Waals surface area contributed by atoms with Crippen molar-refractivity contribution in [2.75, 3.05) is 13.1 Å². The van der Waals surface area contributed by atoms with E-state index in [0.29, 0.717) is 19.0 Å². The van der Waals surface area contributed by atoms with Crippen LogP contribution in [0.5, 0.6) is 0 Å². The van der Waals surface area contributed by atoms with Gasteiger partial charge in [-0.25, -0.2) is 0 Å². The zero-order chi connectivity index (χ0) is 13.8. The lowest BCUT2D eigenvalue weighted by Crippen LogP contribution is -2.53. The summed E-state index contributed by atoms with van der Waals surface area (Å²) in [6.45, 7) is 2.65. The molecule has 1 saturated carbocycles. The van der Waals surface area contributed by atoms with Crippen LogP contribution < -0.4 is 11.1 Å². The van der Waals surface area contributed by atoms with Gasteiger partial charge in [0.15, 0.2) is 0 Å². The molecule has 2 rings (SSSR count). The SMILES string of the molecule is CC1CC(=O)N(CC(=O)NC2CCCCC2)CC1N. The van der Waals surface area contributed by atoms with E-state index in [9.17, 15) is 9.59 Å². The van der Waals surface area contributed by atoms with Gasteiger partial charge in [-0.05, 0) is 18.8 Å². The fourth-order valence-corrected chi connectivity index (χ4v) is 2.94. The Hall–Kier alpha value is -1.10. The molecular weight excluding hydrogens is 242 g/mol. The van der Waals surface area contributed by atoms with Crippen molar-refractivity contribution < 1.29 is 9.59 Å². The van der Waals surface area contributed by atoms with Crippen LogP contribution in [0.1, 0.15) is 45.4 Å². The number of amides is 2. The van der Waals surface area contributed by atoms with Gasteiger partial charge in [-0.3, -0.25) is 9.59 Å². The number of nitrogens with one attached hydrogen (secondary N) is 1. The van der Waals surface area contributed by atoms with Crippen molar-refractivity contribution in [3.63, 3.8) is 0 Å². The number of rotatable bonds is 3. The summed E-state index contributed by atoms with van der Waals surface area (Å²) >= 11 is 0. The Bertz CT molecular complexity index is 340. The van der Waals surface area contributed by atoms with Gasteiger partial charge in [0, 0.05) is 25.0 Å². The van der Waals surface area contributed by atoms with Gasteiger partial charge in [0.1, 0.15) is 0 Å². The van der Waals surface area contributed by atoms with Gasteiger partial charge in [-0.2, -0.15) is 0 Å². The quantitative estimate of drug-likeness (QED) is 0.787. The van der Waals surface area contributed by atoms with E-state index in [1.54, 1.807) is 4.90 Å². The van der Waals surface area contributed by atoms with Crippen LogP contribution in [0.15, 0.2) is 0 Å². The van der Waals surface area contributed by atoms with E-state index in [2.05, 4.69) is 5.32 Å². The van der Waals surface area contributed by atoms with Crippen LogP contribution in [0.25, 0.3) is 0 Å². The average molecular weight is 267 g/mol. The van der Waals surface area contributed by atoms with E-state index in [0.717, 1.165) is 12.8 Å². The normalized spacial score (nSPS) is 29.4. The first-order valence-electron chi connectivity index (χ1n) is 7.39. The van der Waals surface area contributed by atoms with Gasteiger partial charge in [0.25, 0.3) is 0 Å². The molecule has 5 heteroatoms. The lowest BCUT2D eigenvalue weighted by atomic mass is 9.93. The van der Waals surface area contributed by atoms with Crippen LogP contribution in [0, 0.1) is 5.92 Å². The number of piperidine rings is 1. The summed E-state index contributed by atoms with van der Waals surface area (Å²) in [4.78, 5) is 25.4. The molecule has 0 bridgehead atoms. The number of hydrogen-bond acceptors (Lipinski definition) is 3. The number of hydrogen-bond donors (Lipinski definition) is 2. The zero-order valence-electron chi connectivity index (χ0n) is 11.7. The van der Waals surface area contributed by atoms with Crippen LogP contribution in [-0.4, -0.2) is 41.9 Å². The van der Waals surface area contributed by atoms with Gasteiger partial charge in [-0.15, -0.1) is 0 Å². The molecule has 0 spiro atoms. The van der Waals surface area contributed by atoms with E-state index in [-0.39, 0.29) is 30.3 Å². The molecule has 3 N–H and O–H groups in total. The Kier molecular flexibility index (Phi) is 4.80. The number of nitrogens with two attached hydrogens (primary N) is 1. The third-order valence-corrected chi connectivity index (χ3v) is 4.32. The largest absolute Gasteiger partial charge is 0.352 e. The number of carbonyl (C=O) groups is 2. The molecule has 2 amide bonds. The minimum atomic E-state index is -0.0398. The molecule has 2 atom stereocenters. The van der Waals surface area contributed by atoms with E-state index in [1.807, 2.05) is 6.92 Å². The maximum absolute atomic E-state index is 12.0. The van der Waals surface area contributed by atoms with Crippen LogP contribution in [0.3, 0.4) is 0 Å². The first kappa shape index (κ1) is 14.3. The minimum Gasteiger partial charge on any atom is -0.352 e. The summed E-state index contributed by atoms with van der Waals surface area (Å²) in [5.41, 5.74) is 5.97. The molecule has 1 aliphatic carbocycles. The highest BCUT2D eigenvalue weighted by Gasteiger charge is 2.30. The lowest BCUT2D eigenvalue weighted by molar-refractivity contribution is -0.139. The highest BCUT2D eigenvalue weighted by Crippen LogP contribution is 2.18. The standard InChI is InChI=1S/C14H25N3O2/c1-10-7-14(19)17(8-12(10)15)9-13(18)16-11-5-3-2-4-6-11/h10-12H,2-9,15H2,1H3,(H,16,18). The fourth-order valence-electron chi connectivity index (χ4n) is 2.94. The van der Waals surface area contributed by atoms with Gasteiger partial charge in [0.05, 0.1) is 6.54 Å². The Labute approximate surface area is 114 Å². The second-order valence-corrected chi connectivity index (χ2v) is 6.02. The molecule has 5 nitrogen and oxygen atoms in total. The van der Waals surface area contributed by atoms with E-state index in [1.165, 1.54) is 19.3 Å². The topological polar surface area (TPSA) is 75.4 Å². The Morgan fingerprint density at radius 2 is 2.05 bits per heavy atom. The fraction of sp³-hybridized carbons (Fsp3) is 0.857. The third kappa shape index (κ3) is 3.93. The molecule has 108 valence electrons. The Morgan fingerprint density at radius 1 is 1.37 bits per heavy atom. The van der Waals surface area contributed by atoms with Gasteiger partial charge in [-0.1, -0.05) is 26.2 Å². The summed E-state index contributed by atoms with van der Waals surface area (Å²) in [7, 11) is 0. The van der Waals surface area contributed by atoms with Crippen molar-refractivity contribution in [3.8, 4) is 0 Å². The summed E-state index contributed by atoms with van der Waals surface area (Å²) < 4.78 is 0. The number of nitrogens with zero attached hydrogens (tertiary/aromatic N) is 1. The third-order valence-electron chi connectivity index (χ3n) is 4.32. The van der Waals surface area contributed by atoms with E-state index in [4.69, 9.17) is 5.73 Å². The summed E-state index contributed by atoms with van der Waals surface area (Å²) in [5.74, 6) is 0.222. The van der Waals surface area contributed by atoms with Gasteiger partial charge < -0.3 is 16.0 Å². The van der Waals surface area contributed by atoms with Crippen LogP contribution in [-0.2, 0) is 9.59 Å². The van der Waals surface area contributed by atoms with E-state index < -0.39 is 0 Å². The van der Waals surface area contributed by atoms with Crippen LogP contribution >= 0.6 is 0 Å². The van der Waals surface area contributed by atoms with E-state index >= 15 is 0 Å². The molecule has 19 heavy (non-hydrogen) atoms. The monoisotopic (exact) mass is 267 g/mol. The van der Waals surface area contributed by atoms with Gasteiger partial charge in [0.2, 0.25) is 11.8 Å². The molecule has 1 aliphatic heterocycles. The molecule has 0 aromatic carbocycles. The second kappa shape index (κ2) is 6.37. The molecule has 2 aliphatic rings. The van der Waals surface area contributed by atoms with Crippen LogP contribution in [0.2, 0.25) is 0 Å². The maximum Gasteiger partial charge on any atom is 0.239 e. The average Bonchev–Trinajstić information content (AvgIpc) is 2.37. The van der Waals surface area contributed by atoms with Crippen molar-refractivity contribution in [3.05, 3.63) is 0 Å².